The van der Waals surface area contributed by atoms with E-state index in [1.54, 1.807) is 18.2 Å². The van der Waals surface area contributed by atoms with Crippen LogP contribution in [0.5, 0.6) is 5.75 Å². The second kappa shape index (κ2) is 32.5. The summed E-state index contributed by atoms with van der Waals surface area (Å²) in [6.07, 6.45) is 9.05. The highest BCUT2D eigenvalue weighted by Gasteiger charge is 2.13. The Morgan fingerprint density at radius 2 is 0.824 bits per heavy atom. The van der Waals surface area contributed by atoms with Gasteiger partial charge in [0.25, 0.3) is 10.1 Å². The minimum Gasteiger partial charge on any atom is -0.491 e. The molecule has 0 unspecified atom stereocenters. The minimum atomic E-state index is -3.76. The Kier molecular flexibility index (Phi) is 28.7. The molecule has 0 aliphatic rings. The number of aryl methyl sites for hydroxylation is 1. The van der Waals surface area contributed by atoms with Crippen LogP contribution in [-0.2, 0) is 58.6 Å². The van der Waals surface area contributed by atoms with Gasteiger partial charge in [-0.15, -0.1) is 0 Å². The number of hydrogen-bond donors (Lipinski definition) is 0. The molecule has 2 rings (SSSR count). The molecule has 0 amide bonds. The Bertz CT molecular complexity index is 1140. The van der Waals surface area contributed by atoms with Crippen LogP contribution in [0.1, 0.15) is 51.0 Å². The molecule has 0 atom stereocenters. The van der Waals surface area contributed by atoms with E-state index in [9.17, 15) is 8.42 Å². The van der Waals surface area contributed by atoms with Crippen LogP contribution in [0, 0.1) is 0 Å². The summed E-state index contributed by atoms with van der Waals surface area (Å²) < 4.78 is 78.5. The van der Waals surface area contributed by atoms with Gasteiger partial charge < -0.3 is 42.6 Å². The van der Waals surface area contributed by atoms with Crippen molar-refractivity contribution < 1.29 is 55.2 Å². The van der Waals surface area contributed by atoms with E-state index in [0.29, 0.717) is 106 Å². The summed E-state index contributed by atoms with van der Waals surface area (Å²) in [7, 11) is -3.76. The van der Waals surface area contributed by atoms with Crippen molar-refractivity contribution in [2.24, 2.45) is 0 Å². The number of ether oxygens (including phenoxy) is 9. The van der Waals surface area contributed by atoms with Crippen molar-refractivity contribution in [2.75, 3.05) is 119 Å². The summed E-state index contributed by atoms with van der Waals surface area (Å²) in [4.78, 5) is 0.123. The Morgan fingerprint density at radius 3 is 1.27 bits per heavy atom. The lowest BCUT2D eigenvalue weighted by Crippen LogP contribution is -2.15. The molecular formula is C38H62O12S. The summed E-state index contributed by atoms with van der Waals surface area (Å²) in [6, 6.07) is 16.4. The van der Waals surface area contributed by atoms with Crippen molar-refractivity contribution in [3.8, 4) is 5.75 Å². The fourth-order valence-corrected chi connectivity index (χ4v) is 5.49. The van der Waals surface area contributed by atoms with Crippen LogP contribution in [0.4, 0.5) is 0 Å². The molecule has 0 saturated carbocycles. The third-order valence-corrected chi connectivity index (χ3v) is 8.67. The van der Waals surface area contributed by atoms with E-state index in [4.69, 9.17) is 46.8 Å². The molecule has 51 heavy (non-hydrogen) atoms. The maximum absolute atomic E-state index is 12.0. The molecule has 13 heteroatoms. The van der Waals surface area contributed by atoms with Crippen molar-refractivity contribution in [1.82, 2.24) is 0 Å². The molecule has 0 aromatic heterocycles. The summed E-state index contributed by atoms with van der Waals surface area (Å²) in [6.45, 7) is 9.88. The quantitative estimate of drug-likeness (QED) is 0.0641. The normalized spacial score (nSPS) is 11.7. The summed E-state index contributed by atoms with van der Waals surface area (Å²) >= 11 is 0. The molecule has 2 aromatic carbocycles. The van der Waals surface area contributed by atoms with Gasteiger partial charge in [-0.25, -0.2) is 0 Å². The molecule has 0 spiro atoms. The molecule has 2 aromatic rings. The number of unbranched alkanes of at least 4 members (excludes halogenated alkanes) is 5. The fourth-order valence-electron chi connectivity index (χ4n) is 4.58. The molecule has 0 N–H and O–H groups in total. The predicted molar refractivity (Wildman–Crippen MR) is 195 cm³/mol. The van der Waals surface area contributed by atoms with Crippen molar-refractivity contribution in [2.45, 2.75) is 56.8 Å². The fraction of sp³-hybridized carbons (Fsp3) is 0.684. The van der Waals surface area contributed by atoms with E-state index in [-0.39, 0.29) is 18.1 Å². The minimum absolute atomic E-state index is 0.0563. The average Bonchev–Trinajstić information content (AvgIpc) is 3.15. The molecule has 0 aliphatic carbocycles. The lowest BCUT2D eigenvalue weighted by molar-refractivity contribution is -0.0240. The van der Waals surface area contributed by atoms with Gasteiger partial charge in [-0.3, -0.25) is 4.18 Å². The maximum Gasteiger partial charge on any atom is 0.297 e. The molecule has 0 saturated heterocycles. The highest BCUT2D eigenvalue weighted by molar-refractivity contribution is 7.86. The van der Waals surface area contributed by atoms with Gasteiger partial charge in [0.1, 0.15) is 12.4 Å². The molecular weight excluding hydrogens is 680 g/mol. The summed E-state index contributed by atoms with van der Waals surface area (Å²) in [5.41, 5.74) is 1.37. The van der Waals surface area contributed by atoms with E-state index in [1.165, 1.54) is 56.2 Å². The van der Waals surface area contributed by atoms with Crippen molar-refractivity contribution >= 4 is 10.1 Å². The van der Waals surface area contributed by atoms with Crippen LogP contribution in [0.25, 0.3) is 0 Å². The topological polar surface area (TPSA) is 126 Å². The maximum atomic E-state index is 12.0. The third kappa shape index (κ3) is 26.3. The van der Waals surface area contributed by atoms with Crippen LogP contribution in [0.2, 0.25) is 0 Å². The zero-order valence-electron chi connectivity index (χ0n) is 30.7. The predicted octanol–water partition coefficient (Wildman–Crippen LogP) is 5.51. The Hall–Kier alpha value is -2.17. The number of hydrogen-bond acceptors (Lipinski definition) is 12. The Balaban J connectivity index is 1.21. The molecule has 0 aliphatic heterocycles. The van der Waals surface area contributed by atoms with Gasteiger partial charge in [0.05, 0.1) is 117 Å². The van der Waals surface area contributed by atoms with Gasteiger partial charge >= 0.3 is 0 Å². The zero-order valence-corrected chi connectivity index (χ0v) is 31.5. The van der Waals surface area contributed by atoms with Gasteiger partial charge in [0, 0.05) is 0 Å². The van der Waals surface area contributed by atoms with Crippen LogP contribution >= 0.6 is 0 Å². The first-order chi connectivity index (χ1) is 25.1. The second-order valence-corrected chi connectivity index (χ2v) is 13.1. The molecule has 0 heterocycles. The first-order valence-corrected chi connectivity index (χ1v) is 19.8. The molecule has 0 bridgehead atoms. The Labute approximate surface area is 306 Å². The average molecular weight is 743 g/mol. The largest absolute Gasteiger partial charge is 0.491 e. The molecule has 12 nitrogen and oxygen atoms in total. The van der Waals surface area contributed by atoms with Gasteiger partial charge in [0.2, 0.25) is 0 Å². The van der Waals surface area contributed by atoms with Crippen LogP contribution in [0.15, 0.2) is 59.5 Å². The van der Waals surface area contributed by atoms with Gasteiger partial charge in [-0.05, 0) is 42.7 Å². The number of benzene rings is 2. The summed E-state index contributed by atoms with van der Waals surface area (Å²) in [5, 5.41) is 0. The van der Waals surface area contributed by atoms with Crippen LogP contribution in [-0.4, -0.2) is 127 Å². The Morgan fingerprint density at radius 1 is 0.431 bits per heavy atom. The van der Waals surface area contributed by atoms with Crippen molar-refractivity contribution in [3.05, 3.63) is 60.2 Å². The van der Waals surface area contributed by atoms with E-state index in [2.05, 4.69) is 19.1 Å². The van der Waals surface area contributed by atoms with Gasteiger partial charge in [-0.2, -0.15) is 8.42 Å². The van der Waals surface area contributed by atoms with E-state index >= 15 is 0 Å². The highest BCUT2D eigenvalue weighted by Crippen LogP contribution is 2.15. The van der Waals surface area contributed by atoms with E-state index in [0.717, 1.165) is 12.2 Å². The molecule has 0 radical (unpaired) electrons. The van der Waals surface area contributed by atoms with E-state index < -0.39 is 10.1 Å². The lowest BCUT2D eigenvalue weighted by Gasteiger charge is -2.09. The second-order valence-electron chi connectivity index (χ2n) is 11.5. The SMILES string of the molecule is CCCCCCCCc1ccc(OCCOCCOCCOCCOCCOCCOCCOCCOCCOS(=O)(=O)c2ccccc2)cc1. The number of rotatable bonds is 37. The first-order valence-electron chi connectivity index (χ1n) is 18.4. The lowest BCUT2D eigenvalue weighted by atomic mass is 10.0. The highest BCUT2D eigenvalue weighted by atomic mass is 32.2. The van der Waals surface area contributed by atoms with Crippen molar-refractivity contribution in [1.29, 1.82) is 0 Å². The third-order valence-electron chi connectivity index (χ3n) is 7.34. The molecule has 292 valence electrons. The monoisotopic (exact) mass is 742 g/mol. The smallest absolute Gasteiger partial charge is 0.297 e. The standard InChI is InChI=1S/C38H62O12S/c1-2-3-4-5-6-8-11-36-14-16-37(17-15-36)49-34-32-47-30-28-45-26-24-43-22-20-41-18-19-42-21-23-44-25-27-46-29-31-48-33-35-50-51(39,40)38-12-9-7-10-13-38/h7,9-10,12-17H,2-6,8,11,18-35H2,1H3. The first kappa shape index (κ1) is 45.0. The van der Waals surface area contributed by atoms with Crippen molar-refractivity contribution in [3.63, 3.8) is 0 Å². The molecule has 0 fully saturated rings. The van der Waals surface area contributed by atoms with Gasteiger partial charge in [0.15, 0.2) is 0 Å². The van der Waals surface area contributed by atoms with Gasteiger partial charge in [-0.1, -0.05) is 69.4 Å². The van der Waals surface area contributed by atoms with Crippen LogP contribution in [0.3, 0.4) is 0 Å². The van der Waals surface area contributed by atoms with Crippen LogP contribution < -0.4 is 4.74 Å². The summed E-state index contributed by atoms with van der Waals surface area (Å²) in [5.74, 6) is 0.877. The van der Waals surface area contributed by atoms with E-state index in [1.807, 2.05) is 12.1 Å². The zero-order chi connectivity index (χ0) is 36.3.